The summed E-state index contributed by atoms with van der Waals surface area (Å²) in [6.45, 7) is 2.89. The summed E-state index contributed by atoms with van der Waals surface area (Å²) in [6, 6.07) is 7.81. The first-order valence-corrected chi connectivity index (χ1v) is 6.34. The van der Waals surface area contributed by atoms with Gasteiger partial charge in [0.1, 0.15) is 5.75 Å². The van der Waals surface area contributed by atoms with Gasteiger partial charge < -0.3 is 4.74 Å². The van der Waals surface area contributed by atoms with E-state index in [1.165, 1.54) is 6.08 Å². The van der Waals surface area contributed by atoms with Crippen LogP contribution in [0.15, 0.2) is 42.5 Å². The second-order valence-corrected chi connectivity index (χ2v) is 4.00. The van der Waals surface area contributed by atoms with Crippen molar-refractivity contribution in [3.8, 4) is 5.75 Å². The molecule has 1 aromatic carbocycles. The third-order valence-electron chi connectivity index (χ3n) is 2.44. The van der Waals surface area contributed by atoms with Crippen LogP contribution in [-0.2, 0) is 4.79 Å². The Morgan fingerprint density at radius 1 is 1.32 bits per heavy atom. The number of rotatable bonds is 7. The molecule has 4 heteroatoms. The van der Waals surface area contributed by atoms with Gasteiger partial charge in [-0.3, -0.25) is 10.2 Å². The summed E-state index contributed by atoms with van der Waals surface area (Å²) >= 11 is 0. The van der Waals surface area contributed by atoms with E-state index in [2.05, 4.69) is 6.92 Å². The monoisotopic (exact) mass is 260 g/mol. The van der Waals surface area contributed by atoms with Gasteiger partial charge in [-0.15, -0.1) is 0 Å². The topological polar surface area (TPSA) is 64.3 Å². The summed E-state index contributed by atoms with van der Waals surface area (Å²) in [7, 11) is 0. The van der Waals surface area contributed by atoms with Gasteiger partial charge >= 0.3 is 0 Å². The van der Waals surface area contributed by atoms with Crippen LogP contribution in [0.1, 0.15) is 25.3 Å². The van der Waals surface area contributed by atoms with Crippen LogP contribution in [-0.4, -0.2) is 12.5 Å². The molecule has 0 unspecified atom stereocenters. The highest BCUT2D eigenvalue weighted by atomic mass is 16.5. The van der Waals surface area contributed by atoms with Crippen LogP contribution in [0.2, 0.25) is 0 Å². The molecule has 0 heterocycles. The van der Waals surface area contributed by atoms with Crippen molar-refractivity contribution >= 4 is 12.0 Å². The Bertz CT molecular complexity index is 436. The lowest BCUT2D eigenvalue weighted by atomic mass is 10.2. The number of hydrogen-bond acceptors (Lipinski definition) is 3. The van der Waals surface area contributed by atoms with Crippen molar-refractivity contribution in [2.75, 3.05) is 6.61 Å². The third kappa shape index (κ3) is 6.43. The number of carbonyl (C=O) groups excluding carboxylic acids is 1. The number of allylic oxidation sites excluding steroid dienone is 2. The average Bonchev–Trinajstić information content (AvgIpc) is 2.45. The minimum atomic E-state index is -0.329. The molecule has 19 heavy (non-hydrogen) atoms. The predicted octanol–water partition coefficient (Wildman–Crippen LogP) is 2.42. The number of unbranched alkanes of at least 4 members (excludes halogenated alkanes) is 1. The number of carbonyl (C=O) groups is 1. The molecule has 0 aliphatic heterocycles. The summed E-state index contributed by atoms with van der Waals surface area (Å²) in [6.07, 6.45) is 8.87. The van der Waals surface area contributed by atoms with Crippen LogP contribution in [0, 0.1) is 0 Å². The Balaban J connectivity index is 2.45. The number of hydrogen-bond donors (Lipinski definition) is 2. The molecule has 0 fully saturated rings. The van der Waals surface area contributed by atoms with Crippen LogP contribution in [0.4, 0.5) is 0 Å². The quantitative estimate of drug-likeness (QED) is 0.198. The minimum Gasteiger partial charge on any atom is -0.494 e. The van der Waals surface area contributed by atoms with Crippen LogP contribution < -0.4 is 16.0 Å². The molecular weight excluding hydrogens is 240 g/mol. The van der Waals surface area contributed by atoms with Crippen molar-refractivity contribution in [2.24, 2.45) is 5.84 Å². The number of hydrazine groups is 1. The first-order chi connectivity index (χ1) is 9.26. The second-order valence-electron chi connectivity index (χ2n) is 4.00. The SMILES string of the molecule is CCCCOc1ccc(/C=C/C=C/C(=O)NN)cc1. The van der Waals surface area contributed by atoms with Crippen LogP contribution >= 0.6 is 0 Å². The van der Waals surface area contributed by atoms with E-state index < -0.39 is 0 Å². The van der Waals surface area contributed by atoms with Gasteiger partial charge in [-0.2, -0.15) is 0 Å². The van der Waals surface area contributed by atoms with Crippen molar-refractivity contribution in [1.82, 2.24) is 5.43 Å². The lowest BCUT2D eigenvalue weighted by molar-refractivity contribution is -0.116. The van der Waals surface area contributed by atoms with E-state index in [1.54, 1.807) is 12.2 Å². The zero-order valence-electron chi connectivity index (χ0n) is 11.1. The fraction of sp³-hybridized carbons (Fsp3) is 0.267. The summed E-state index contributed by atoms with van der Waals surface area (Å²) in [5.41, 5.74) is 3.06. The van der Waals surface area contributed by atoms with E-state index in [0.29, 0.717) is 0 Å². The number of nitrogens with two attached hydrogens (primary N) is 1. The molecule has 0 saturated carbocycles. The van der Waals surface area contributed by atoms with Crippen molar-refractivity contribution < 1.29 is 9.53 Å². The van der Waals surface area contributed by atoms with E-state index in [1.807, 2.05) is 35.8 Å². The molecule has 0 aliphatic rings. The van der Waals surface area contributed by atoms with Gasteiger partial charge in [0, 0.05) is 6.08 Å². The van der Waals surface area contributed by atoms with Gasteiger partial charge in [0.05, 0.1) is 6.61 Å². The molecule has 1 amide bonds. The van der Waals surface area contributed by atoms with Gasteiger partial charge in [0.15, 0.2) is 0 Å². The minimum absolute atomic E-state index is 0.329. The Morgan fingerprint density at radius 2 is 2.05 bits per heavy atom. The average molecular weight is 260 g/mol. The van der Waals surface area contributed by atoms with Gasteiger partial charge in [0.25, 0.3) is 5.91 Å². The summed E-state index contributed by atoms with van der Waals surface area (Å²) in [5.74, 6) is 5.49. The van der Waals surface area contributed by atoms with E-state index in [4.69, 9.17) is 10.6 Å². The largest absolute Gasteiger partial charge is 0.494 e. The fourth-order valence-corrected chi connectivity index (χ4v) is 1.37. The van der Waals surface area contributed by atoms with Crippen molar-refractivity contribution in [2.45, 2.75) is 19.8 Å². The Hall–Kier alpha value is -2.07. The summed E-state index contributed by atoms with van der Waals surface area (Å²) in [4.78, 5) is 10.8. The lowest BCUT2D eigenvalue weighted by Gasteiger charge is -2.04. The van der Waals surface area contributed by atoms with E-state index in [0.717, 1.165) is 30.8 Å². The zero-order valence-corrected chi connectivity index (χ0v) is 11.1. The smallest absolute Gasteiger partial charge is 0.257 e. The van der Waals surface area contributed by atoms with Crippen LogP contribution in [0.3, 0.4) is 0 Å². The molecule has 0 radical (unpaired) electrons. The lowest BCUT2D eigenvalue weighted by Crippen LogP contribution is -2.27. The molecular formula is C15H20N2O2. The van der Waals surface area contributed by atoms with Crippen LogP contribution in [0.5, 0.6) is 5.75 Å². The maximum absolute atomic E-state index is 10.8. The van der Waals surface area contributed by atoms with Gasteiger partial charge in [0.2, 0.25) is 0 Å². The molecule has 0 atom stereocenters. The molecule has 0 spiro atoms. The third-order valence-corrected chi connectivity index (χ3v) is 2.44. The molecule has 3 N–H and O–H groups in total. The highest BCUT2D eigenvalue weighted by Crippen LogP contribution is 2.13. The molecule has 0 aromatic heterocycles. The molecule has 102 valence electrons. The van der Waals surface area contributed by atoms with Crippen molar-refractivity contribution in [3.63, 3.8) is 0 Å². The Labute approximate surface area is 113 Å². The predicted molar refractivity (Wildman–Crippen MR) is 77.3 cm³/mol. The van der Waals surface area contributed by atoms with Gasteiger partial charge in [-0.05, 0) is 24.1 Å². The van der Waals surface area contributed by atoms with Gasteiger partial charge in [-0.1, -0.05) is 43.7 Å². The molecule has 0 bridgehead atoms. The number of ether oxygens (including phenoxy) is 1. The Morgan fingerprint density at radius 3 is 2.68 bits per heavy atom. The number of benzene rings is 1. The van der Waals surface area contributed by atoms with E-state index >= 15 is 0 Å². The second kappa shape index (κ2) is 8.94. The summed E-state index contributed by atoms with van der Waals surface area (Å²) in [5, 5.41) is 0. The highest BCUT2D eigenvalue weighted by molar-refractivity contribution is 5.87. The zero-order chi connectivity index (χ0) is 13.9. The standard InChI is InChI=1S/C15H20N2O2/c1-2-3-12-19-14-10-8-13(9-11-14)6-4-5-7-15(18)17-16/h4-11H,2-3,12,16H2,1H3,(H,17,18)/b6-4+,7-5+. The normalized spacial score (nSPS) is 11.1. The van der Waals surface area contributed by atoms with Gasteiger partial charge in [-0.25, -0.2) is 5.84 Å². The fourth-order valence-electron chi connectivity index (χ4n) is 1.37. The first-order valence-electron chi connectivity index (χ1n) is 6.34. The molecule has 1 rings (SSSR count). The Kier molecular flexibility index (Phi) is 7.05. The molecule has 0 aliphatic carbocycles. The van der Waals surface area contributed by atoms with E-state index in [-0.39, 0.29) is 5.91 Å². The number of nitrogens with one attached hydrogen (secondary N) is 1. The highest BCUT2D eigenvalue weighted by Gasteiger charge is 1.92. The summed E-state index contributed by atoms with van der Waals surface area (Å²) < 4.78 is 5.57. The number of amides is 1. The molecule has 1 aromatic rings. The van der Waals surface area contributed by atoms with Crippen molar-refractivity contribution in [1.29, 1.82) is 0 Å². The maximum atomic E-state index is 10.8. The first kappa shape index (κ1) is 15.0. The maximum Gasteiger partial charge on any atom is 0.257 e. The molecule has 4 nitrogen and oxygen atoms in total. The molecule has 0 saturated heterocycles. The van der Waals surface area contributed by atoms with Crippen LogP contribution in [0.25, 0.3) is 6.08 Å². The van der Waals surface area contributed by atoms with Crippen molar-refractivity contribution in [3.05, 3.63) is 48.1 Å². The van der Waals surface area contributed by atoms with E-state index in [9.17, 15) is 4.79 Å².